The third-order valence-electron chi connectivity index (χ3n) is 3.97. The Bertz CT molecular complexity index is 660. The van der Waals surface area contributed by atoms with Crippen molar-refractivity contribution in [2.45, 2.75) is 13.3 Å². The van der Waals surface area contributed by atoms with Gasteiger partial charge < -0.3 is 0 Å². The van der Waals surface area contributed by atoms with Gasteiger partial charge in [-0.25, -0.2) is 0 Å². The normalized spacial score (nSPS) is 15.3. The van der Waals surface area contributed by atoms with Gasteiger partial charge in [0.2, 0.25) is 0 Å². The standard InChI is InChI=1S/C21H20/c1-2-20(17-11-5-3-6-12-17)21(19-15-9-10-16-19)18-13-7-4-8-14-18/h3-16,19H,2H2,1H3/b21-20-. The van der Waals surface area contributed by atoms with Crippen molar-refractivity contribution in [2.24, 2.45) is 5.92 Å². The second-order valence-electron chi connectivity index (χ2n) is 5.27. The van der Waals surface area contributed by atoms with Crippen molar-refractivity contribution in [3.8, 4) is 0 Å². The fraction of sp³-hybridized carbons (Fsp3) is 0.143. The Hall–Kier alpha value is -2.34. The molecule has 2 aromatic carbocycles. The summed E-state index contributed by atoms with van der Waals surface area (Å²) in [5.41, 5.74) is 5.50. The van der Waals surface area contributed by atoms with Gasteiger partial charge >= 0.3 is 0 Å². The first-order valence-electron chi connectivity index (χ1n) is 7.59. The third-order valence-corrected chi connectivity index (χ3v) is 3.97. The van der Waals surface area contributed by atoms with Crippen LogP contribution in [-0.4, -0.2) is 0 Å². The van der Waals surface area contributed by atoms with Crippen molar-refractivity contribution in [3.63, 3.8) is 0 Å². The van der Waals surface area contributed by atoms with Gasteiger partial charge in [-0.2, -0.15) is 0 Å². The molecule has 0 aromatic heterocycles. The summed E-state index contributed by atoms with van der Waals surface area (Å²) in [5.74, 6) is 0.377. The molecule has 104 valence electrons. The molecule has 2 aromatic rings. The van der Waals surface area contributed by atoms with Crippen LogP contribution in [0, 0.1) is 5.92 Å². The molecular formula is C21H20. The van der Waals surface area contributed by atoms with Gasteiger partial charge in [0.05, 0.1) is 0 Å². The Balaban J connectivity index is 2.19. The molecule has 0 saturated heterocycles. The first-order chi connectivity index (χ1) is 10.4. The van der Waals surface area contributed by atoms with E-state index in [-0.39, 0.29) is 0 Å². The summed E-state index contributed by atoms with van der Waals surface area (Å²) in [7, 11) is 0. The molecule has 21 heavy (non-hydrogen) atoms. The summed E-state index contributed by atoms with van der Waals surface area (Å²) in [4.78, 5) is 0. The lowest BCUT2D eigenvalue weighted by Gasteiger charge is -2.19. The minimum atomic E-state index is 0.377. The summed E-state index contributed by atoms with van der Waals surface area (Å²) < 4.78 is 0. The van der Waals surface area contributed by atoms with E-state index in [0.717, 1.165) is 6.42 Å². The fourth-order valence-corrected chi connectivity index (χ4v) is 3.00. The Morgan fingerprint density at radius 3 is 1.81 bits per heavy atom. The summed E-state index contributed by atoms with van der Waals surface area (Å²) in [6, 6.07) is 21.5. The average molecular weight is 272 g/mol. The van der Waals surface area contributed by atoms with Crippen LogP contribution in [0.25, 0.3) is 11.1 Å². The van der Waals surface area contributed by atoms with Crippen LogP contribution in [0.2, 0.25) is 0 Å². The number of allylic oxidation sites excluding steroid dienone is 6. The van der Waals surface area contributed by atoms with Gasteiger partial charge in [0, 0.05) is 5.92 Å². The number of benzene rings is 2. The van der Waals surface area contributed by atoms with Gasteiger partial charge in [-0.1, -0.05) is 91.9 Å². The second-order valence-corrected chi connectivity index (χ2v) is 5.27. The van der Waals surface area contributed by atoms with Gasteiger partial charge in [-0.05, 0) is 28.7 Å². The Morgan fingerprint density at radius 2 is 1.29 bits per heavy atom. The predicted molar refractivity (Wildman–Crippen MR) is 91.8 cm³/mol. The highest BCUT2D eigenvalue weighted by Crippen LogP contribution is 2.36. The number of hydrogen-bond acceptors (Lipinski definition) is 0. The third kappa shape index (κ3) is 2.90. The van der Waals surface area contributed by atoms with E-state index in [1.54, 1.807) is 0 Å². The highest BCUT2D eigenvalue weighted by atomic mass is 14.2. The van der Waals surface area contributed by atoms with E-state index in [9.17, 15) is 0 Å². The van der Waals surface area contributed by atoms with Crippen LogP contribution in [0.15, 0.2) is 85.0 Å². The zero-order valence-corrected chi connectivity index (χ0v) is 12.4. The molecule has 0 unspecified atom stereocenters. The molecule has 0 heterocycles. The van der Waals surface area contributed by atoms with Crippen molar-refractivity contribution < 1.29 is 0 Å². The lowest BCUT2D eigenvalue weighted by molar-refractivity contribution is 1.10. The summed E-state index contributed by atoms with van der Waals surface area (Å²) in [6.45, 7) is 2.24. The molecular weight excluding hydrogens is 252 g/mol. The van der Waals surface area contributed by atoms with Crippen LogP contribution in [0.1, 0.15) is 24.5 Å². The highest BCUT2D eigenvalue weighted by molar-refractivity contribution is 5.93. The zero-order chi connectivity index (χ0) is 14.5. The van der Waals surface area contributed by atoms with Crippen molar-refractivity contribution in [1.29, 1.82) is 0 Å². The fourth-order valence-electron chi connectivity index (χ4n) is 3.00. The molecule has 0 saturated carbocycles. The Labute approximate surface area is 127 Å². The lowest BCUT2D eigenvalue weighted by atomic mass is 9.85. The van der Waals surface area contributed by atoms with Crippen LogP contribution in [-0.2, 0) is 0 Å². The van der Waals surface area contributed by atoms with E-state index in [1.165, 1.54) is 22.3 Å². The van der Waals surface area contributed by atoms with Crippen LogP contribution < -0.4 is 0 Å². The lowest BCUT2D eigenvalue weighted by Crippen LogP contribution is -2.00. The molecule has 1 aliphatic carbocycles. The maximum atomic E-state index is 2.28. The molecule has 0 spiro atoms. The molecule has 3 rings (SSSR count). The maximum Gasteiger partial charge on any atom is 0.0213 e. The molecule has 0 amide bonds. The van der Waals surface area contributed by atoms with Crippen LogP contribution in [0.3, 0.4) is 0 Å². The molecule has 0 N–H and O–H groups in total. The number of hydrogen-bond donors (Lipinski definition) is 0. The van der Waals surface area contributed by atoms with Crippen LogP contribution >= 0.6 is 0 Å². The minimum Gasteiger partial charge on any atom is -0.0732 e. The molecule has 0 heteroatoms. The highest BCUT2D eigenvalue weighted by Gasteiger charge is 2.17. The van der Waals surface area contributed by atoms with E-state index >= 15 is 0 Å². The van der Waals surface area contributed by atoms with Gasteiger partial charge in [0.15, 0.2) is 0 Å². The van der Waals surface area contributed by atoms with Gasteiger partial charge in [-0.15, -0.1) is 0 Å². The van der Waals surface area contributed by atoms with Gasteiger partial charge in [0.25, 0.3) is 0 Å². The molecule has 0 nitrogen and oxygen atoms in total. The van der Waals surface area contributed by atoms with Gasteiger partial charge in [-0.3, -0.25) is 0 Å². The van der Waals surface area contributed by atoms with E-state index in [2.05, 4.69) is 91.9 Å². The minimum absolute atomic E-state index is 0.377. The monoisotopic (exact) mass is 272 g/mol. The maximum absolute atomic E-state index is 2.28. The zero-order valence-electron chi connectivity index (χ0n) is 12.4. The van der Waals surface area contributed by atoms with E-state index in [4.69, 9.17) is 0 Å². The largest absolute Gasteiger partial charge is 0.0732 e. The smallest absolute Gasteiger partial charge is 0.0213 e. The molecule has 0 aliphatic heterocycles. The van der Waals surface area contributed by atoms with Crippen molar-refractivity contribution in [3.05, 3.63) is 96.1 Å². The van der Waals surface area contributed by atoms with Crippen molar-refractivity contribution >= 4 is 11.1 Å². The molecule has 0 atom stereocenters. The topological polar surface area (TPSA) is 0 Å². The number of rotatable bonds is 4. The Morgan fingerprint density at radius 1 is 0.762 bits per heavy atom. The van der Waals surface area contributed by atoms with Crippen LogP contribution in [0.5, 0.6) is 0 Å². The Kier molecular flexibility index (Phi) is 4.16. The first kappa shape index (κ1) is 13.6. The summed E-state index contributed by atoms with van der Waals surface area (Å²) in [6.07, 6.45) is 9.88. The van der Waals surface area contributed by atoms with Crippen molar-refractivity contribution in [2.75, 3.05) is 0 Å². The second kappa shape index (κ2) is 6.41. The van der Waals surface area contributed by atoms with Crippen molar-refractivity contribution in [1.82, 2.24) is 0 Å². The average Bonchev–Trinajstić information content (AvgIpc) is 3.08. The van der Waals surface area contributed by atoms with Gasteiger partial charge in [0.1, 0.15) is 0 Å². The molecule has 0 radical (unpaired) electrons. The van der Waals surface area contributed by atoms with Crippen LogP contribution in [0.4, 0.5) is 0 Å². The SMILES string of the molecule is CC/C(=C(\c1ccccc1)C1C=CC=C1)c1ccccc1. The predicted octanol–water partition coefficient (Wildman–Crippen LogP) is 5.75. The van der Waals surface area contributed by atoms with E-state index in [0.29, 0.717) is 5.92 Å². The van der Waals surface area contributed by atoms with E-state index in [1.807, 2.05) is 0 Å². The molecule has 0 fully saturated rings. The summed E-state index contributed by atoms with van der Waals surface area (Å²) >= 11 is 0. The molecule has 1 aliphatic rings. The summed E-state index contributed by atoms with van der Waals surface area (Å²) in [5, 5.41) is 0. The molecule has 0 bridgehead atoms. The quantitative estimate of drug-likeness (QED) is 0.622. The first-order valence-corrected chi connectivity index (χ1v) is 7.59. The van der Waals surface area contributed by atoms with E-state index < -0.39 is 0 Å².